The van der Waals surface area contributed by atoms with Gasteiger partial charge >= 0.3 is 5.97 Å². The van der Waals surface area contributed by atoms with Gasteiger partial charge in [-0.25, -0.2) is 4.79 Å². The highest BCUT2D eigenvalue weighted by atomic mass is 16.4. The Morgan fingerprint density at radius 1 is 1.28 bits per heavy atom. The van der Waals surface area contributed by atoms with Gasteiger partial charge in [-0.15, -0.1) is 15.0 Å². The summed E-state index contributed by atoms with van der Waals surface area (Å²) in [5, 5.41) is 27.7. The van der Waals surface area contributed by atoms with Crippen LogP contribution in [0.4, 0.5) is 5.82 Å². The summed E-state index contributed by atoms with van der Waals surface area (Å²) < 4.78 is 0. The Labute approximate surface area is 146 Å². The maximum atomic E-state index is 11.7. The highest BCUT2D eigenvalue weighted by Gasteiger charge is 2.30. The molecule has 1 unspecified atom stereocenters. The molecule has 1 aliphatic rings. The Kier molecular flexibility index (Phi) is 5.03. The van der Waals surface area contributed by atoms with Gasteiger partial charge in [0.15, 0.2) is 5.82 Å². The molecule has 1 fully saturated rings. The van der Waals surface area contributed by atoms with E-state index < -0.39 is 5.97 Å². The standard InChI is InChI=1S/C18H24N4O3/c1-12-6-7-15(13(2)11-12)22-19-16(18(24)25)17(20-22)21-9-4-3-5-14(21)8-10-23/h6-7,11,14,23H,3-5,8-10H2,1-2H3,(H,24,25). The Morgan fingerprint density at radius 3 is 2.76 bits per heavy atom. The van der Waals surface area contributed by atoms with E-state index in [4.69, 9.17) is 0 Å². The number of anilines is 1. The van der Waals surface area contributed by atoms with Gasteiger partial charge in [0.05, 0.1) is 5.69 Å². The number of piperidine rings is 1. The van der Waals surface area contributed by atoms with Crippen molar-refractivity contribution in [2.75, 3.05) is 18.1 Å². The van der Waals surface area contributed by atoms with E-state index in [2.05, 4.69) is 10.2 Å². The number of carbonyl (C=O) groups is 1. The molecule has 1 aromatic carbocycles. The molecule has 1 aromatic heterocycles. The molecule has 2 aromatic rings. The molecule has 134 valence electrons. The second-order valence-electron chi connectivity index (χ2n) is 6.61. The lowest BCUT2D eigenvalue weighted by Crippen LogP contribution is -2.41. The third-order valence-corrected chi connectivity index (χ3v) is 4.73. The van der Waals surface area contributed by atoms with E-state index in [1.807, 2.05) is 36.9 Å². The minimum Gasteiger partial charge on any atom is -0.476 e. The van der Waals surface area contributed by atoms with Crippen LogP contribution in [-0.4, -0.2) is 50.4 Å². The number of hydrogen-bond donors (Lipinski definition) is 2. The van der Waals surface area contributed by atoms with Crippen LogP contribution in [-0.2, 0) is 0 Å². The molecule has 7 heteroatoms. The predicted octanol–water partition coefficient (Wildman–Crippen LogP) is 2.32. The first-order valence-corrected chi connectivity index (χ1v) is 8.67. The van der Waals surface area contributed by atoms with E-state index in [1.165, 1.54) is 4.80 Å². The van der Waals surface area contributed by atoms with Crippen LogP contribution in [0.2, 0.25) is 0 Å². The number of aromatic carboxylic acids is 1. The van der Waals surface area contributed by atoms with E-state index in [0.717, 1.165) is 42.6 Å². The molecule has 0 amide bonds. The fourth-order valence-electron chi connectivity index (χ4n) is 3.50. The number of carboxylic acid groups (broad SMARTS) is 1. The lowest BCUT2D eigenvalue weighted by Gasteiger charge is -2.35. The fourth-order valence-corrected chi connectivity index (χ4v) is 3.50. The molecule has 0 saturated carbocycles. The van der Waals surface area contributed by atoms with Gasteiger partial charge in [-0.2, -0.15) is 0 Å². The second-order valence-corrected chi connectivity index (χ2v) is 6.61. The molecule has 1 aliphatic heterocycles. The first-order chi connectivity index (χ1) is 12.0. The molecule has 0 spiro atoms. The SMILES string of the molecule is Cc1ccc(-n2nc(C(=O)O)c(N3CCCCC3CCO)n2)c(C)c1. The van der Waals surface area contributed by atoms with Crippen molar-refractivity contribution < 1.29 is 15.0 Å². The molecule has 1 saturated heterocycles. The summed E-state index contributed by atoms with van der Waals surface area (Å²) in [5.74, 6) is -0.690. The molecule has 2 heterocycles. The quantitative estimate of drug-likeness (QED) is 0.865. The van der Waals surface area contributed by atoms with Gasteiger partial charge in [0.2, 0.25) is 5.69 Å². The molecule has 0 bridgehead atoms. The lowest BCUT2D eigenvalue weighted by molar-refractivity contribution is 0.0690. The van der Waals surface area contributed by atoms with Crippen LogP contribution in [0.5, 0.6) is 0 Å². The van der Waals surface area contributed by atoms with Crippen LogP contribution >= 0.6 is 0 Å². The zero-order valence-corrected chi connectivity index (χ0v) is 14.6. The van der Waals surface area contributed by atoms with Crippen LogP contribution in [0, 0.1) is 13.8 Å². The summed E-state index contributed by atoms with van der Waals surface area (Å²) in [5.41, 5.74) is 2.86. The normalized spacial score (nSPS) is 17.7. The maximum absolute atomic E-state index is 11.7. The lowest BCUT2D eigenvalue weighted by atomic mass is 9.99. The number of aliphatic hydroxyl groups is 1. The van der Waals surface area contributed by atoms with Gasteiger partial charge < -0.3 is 15.1 Å². The molecule has 2 N–H and O–H groups in total. The summed E-state index contributed by atoms with van der Waals surface area (Å²) in [6.45, 7) is 4.78. The largest absolute Gasteiger partial charge is 0.476 e. The van der Waals surface area contributed by atoms with E-state index in [0.29, 0.717) is 12.2 Å². The van der Waals surface area contributed by atoms with E-state index >= 15 is 0 Å². The average molecular weight is 344 g/mol. The summed E-state index contributed by atoms with van der Waals surface area (Å²) in [4.78, 5) is 15.1. The van der Waals surface area contributed by atoms with Crippen LogP contribution in [0.25, 0.3) is 5.69 Å². The van der Waals surface area contributed by atoms with Gasteiger partial charge in [0, 0.05) is 19.2 Å². The number of carboxylic acids is 1. The van der Waals surface area contributed by atoms with Gasteiger partial charge in [-0.1, -0.05) is 17.7 Å². The first kappa shape index (κ1) is 17.4. The van der Waals surface area contributed by atoms with Crippen LogP contribution in [0.15, 0.2) is 18.2 Å². The Balaban J connectivity index is 2.04. The monoisotopic (exact) mass is 344 g/mol. The van der Waals surface area contributed by atoms with Gasteiger partial charge in [-0.05, 0) is 51.2 Å². The van der Waals surface area contributed by atoms with Crippen molar-refractivity contribution in [1.29, 1.82) is 0 Å². The van der Waals surface area contributed by atoms with Crippen molar-refractivity contribution in [3.63, 3.8) is 0 Å². The number of aromatic nitrogens is 3. The summed E-state index contributed by atoms with van der Waals surface area (Å²) in [6.07, 6.45) is 3.59. The van der Waals surface area contributed by atoms with Crippen LogP contribution in [0.3, 0.4) is 0 Å². The molecular weight excluding hydrogens is 320 g/mol. The number of benzene rings is 1. The smallest absolute Gasteiger partial charge is 0.360 e. The summed E-state index contributed by atoms with van der Waals surface area (Å²) in [7, 11) is 0. The van der Waals surface area contributed by atoms with Crippen LogP contribution < -0.4 is 4.90 Å². The van der Waals surface area contributed by atoms with Crippen molar-refractivity contribution in [2.24, 2.45) is 0 Å². The zero-order chi connectivity index (χ0) is 18.0. The number of aliphatic hydroxyl groups excluding tert-OH is 1. The maximum Gasteiger partial charge on any atom is 0.360 e. The van der Waals surface area contributed by atoms with Gasteiger partial charge in [-0.3, -0.25) is 0 Å². The number of rotatable bonds is 5. The number of aryl methyl sites for hydroxylation is 2. The van der Waals surface area contributed by atoms with Gasteiger partial charge in [0.1, 0.15) is 0 Å². The van der Waals surface area contributed by atoms with Crippen molar-refractivity contribution in [2.45, 2.75) is 45.6 Å². The molecule has 7 nitrogen and oxygen atoms in total. The minimum absolute atomic E-state index is 0.0372. The van der Waals surface area contributed by atoms with Gasteiger partial charge in [0.25, 0.3) is 0 Å². The first-order valence-electron chi connectivity index (χ1n) is 8.67. The topological polar surface area (TPSA) is 91.5 Å². The van der Waals surface area contributed by atoms with Crippen LogP contribution in [0.1, 0.15) is 47.3 Å². The van der Waals surface area contributed by atoms with E-state index in [9.17, 15) is 15.0 Å². The summed E-state index contributed by atoms with van der Waals surface area (Å²) >= 11 is 0. The Bertz CT molecular complexity index is 770. The molecule has 1 atom stereocenters. The minimum atomic E-state index is -1.08. The van der Waals surface area contributed by atoms with Crippen molar-refractivity contribution in [3.8, 4) is 5.69 Å². The highest BCUT2D eigenvalue weighted by Crippen LogP contribution is 2.28. The second kappa shape index (κ2) is 7.23. The Morgan fingerprint density at radius 2 is 2.08 bits per heavy atom. The predicted molar refractivity (Wildman–Crippen MR) is 94.5 cm³/mol. The fraction of sp³-hybridized carbons (Fsp3) is 0.500. The third-order valence-electron chi connectivity index (χ3n) is 4.73. The highest BCUT2D eigenvalue weighted by molar-refractivity contribution is 5.91. The Hall–Kier alpha value is -2.41. The molecule has 0 aliphatic carbocycles. The number of nitrogens with zero attached hydrogens (tertiary/aromatic N) is 4. The number of hydrogen-bond acceptors (Lipinski definition) is 5. The molecule has 25 heavy (non-hydrogen) atoms. The molecular formula is C18H24N4O3. The summed E-state index contributed by atoms with van der Waals surface area (Å²) in [6, 6.07) is 5.98. The van der Waals surface area contributed by atoms with Crippen molar-refractivity contribution in [3.05, 3.63) is 35.0 Å². The van der Waals surface area contributed by atoms with Crippen molar-refractivity contribution >= 4 is 11.8 Å². The molecule has 3 rings (SSSR count). The average Bonchev–Trinajstić information content (AvgIpc) is 3.01. The van der Waals surface area contributed by atoms with E-state index in [1.54, 1.807) is 0 Å². The third kappa shape index (κ3) is 3.51. The zero-order valence-electron chi connectivity index (χ0n) is 14.6. The van der Waals surface area contributed by atoms with E-state index in [-0.39, 0.29) is 18.3 Å². The van der Waals surface area contributed by atoms with Crippen molar-refractivity contribution in [1.82, 2.24) is 15.0 Å². The molecule has 0 radical (unpaired) electrons.